The third-order valence-corrected chi connectivity index (χ3v) is 7.54. The lowest BCUT2D eigenvalue weighted by molar-refractivity contribution is -0.441. The smallest absolute Gasteiger partial charge is 0.225 e. The first-order chi connectivity index (χ1) is 19.9. The van der Waals surface area contributed by atoms with E-state index in [1.807, 2.05) is 6.58 Å². The largest absolute Gasteiger partial charge is 0.460 e. The van der Waals surface area contributed by atoms with Crippen molar-refractivity contribution in [1.29, 1.82) is 0 Å². The van der Waals surface area contributed by atoms with E-state index >= 15 is 0 Å². The fourth-order valence-electron chi connectivity index (χ4n) is 4.57. The van der Waals surface area contributed by atoms with E-state index in [9.17, 15) is 70.2 Å². The third-order valence-electron chi connectivity index (χ3n) is 7.54. The molecule has 0 radical (unpaired) electrons. The van der Waals surface area contributed by atoms with Crippen LogP contribution in [0.15, 0.2) is 12.7 Å². The first-order valence-corrected chi connectivity index (χ1v) is 14.5. The van der Waals surface area contributed by atoms with E-state index in [1.165, 1.54) is 32.1 Å². The fourth-order valence-corrected chi connectivity index (χ4v) is 4.57. The molecule has 0 bridgehead atoms. The summed E-state index contributed by atoms with van der Waals surface area (Å²) in [6.45, 7) is 4.04. The molecule has 0 amide bonds. The number of alkyl halides is 16. The molecular weight excluding hydrogens is 640 g/mol. The Morgan fingerprint density at radius 3 is 0.977 bits per heavy atom. The van der Waals surface area contributed by atoms with E-state index in [2.05, 4.69) is 6.92 Å². The zero-order chi connectivity index (χ0) is 34.7. The molecule has 1 unspecified atom stereocenters. The van der Waals surface area contributed by atoms with Crippen LogP contribution in [0.2, 0.25) is 0 Å². The third kappa shape index (κ3) is 9.12. The zero-order valence-corrected chi connectivity index (χ0v) is 24.4. The minimum Gasteiger partial charge on any atom is -0.225 e. The van der Waals surface area contributed by atoms with Crippen molar-refractivity contribution in [3.05, 3.63) is 12.7 Å². The number of unbranched alkanes of at least 4 members (excludes halogenated alkanes) is 15. The van der Waals surface area contributed by atoms with Gasteiger partial charge >= 0.3 is 41.7 Å². The Morgan fingerprint density at radius 2 is 0.682 bits per heavy atom. The topological polar surface area (TPSA) is 0 Å². The second-order valence-corrected chi connectivity index (χ2v) is 11.0. The monoisotopic (exact) mass is 680 g/mol. The van der Waals surface area contributed by atoms with Crippen LogP contribution in [0.1, 0.15) is 116 Å². The van der Waals surface area contributed by atoms with Gasteiger partial charge in [0.2, 0.25) is 0 Å². The Morgan fingerprint density at radius 1 is 0.386 bits per heavy atom. The van der Waals surface area contributed by atoms with Gasteiger partial charge in [-0.1, -0.05) is 110 Å². The molecule has 0 N–H and O–H groups in total. The van der Waals surface area contributed by atoms with Gasteiger partial charge in [-0.05, 0) is 12.5 Å². The zero-order valence-electron chi connectivity index (χ0n) is 24.4. The van der Waals surface area contributed by atoms with Crippen molar-refractivity contribution < 1.29 is 70.2 Å². The predicted octanol–water partition coefficient (Wildman–Crippen LogP) is 12.9. The molecule has 1 atom stereocenters. The molecular formula is C28H40F16. The molecule has 0 saturated carbocycles. The van der Waals surface area contributed by atoms with Crippen molar-refractivity contribution in [3.8, 4) is 0 Å². The lowest BCUT2D eigenvalue weighted by atomic mass is 9.79. The van der Waals surface area contributed by atoms with Gasteiger partial charge in [0.15, 0.2) is 0 Å². The molecule has 0 spiro atoms. The average Bonchev–Trinajstić information content (AvgIpc) is 2.90. The minimum atomic E-state index is -8.27. The van der Waals surface area contributed by atoms with Gasteiger partial charge in [-0.25, -0.2) is 4.39 Å². The molecule has 0 rings (SSSR count). The molecule has 0 saturated heterocycles. The van der Waals surface area contributed by atoms with Crippen LogP contribution in [0.25, 0.3) is 0 Å². The van der Waals surface area contributed by atoms with Gasteiger partial charge < -0.3 is 0 Å². The molecule has 0 aliphatic rings. The summed E-state index contributed by atoms with van der Waals surface area (Å²) in [4.78, 5) is 0. The molecule has 0 fully saturated rings. The predicted molar refractivity (Wildman–Crippen MR) is 134 cm³/mol. The molecule has 44 heavy (non-hydrogen) atoms. The Balaban J connectivity index is 5.08. The maximum Gasteiger partial charge on any atom is 0.460 e. The molecule has 0 aromatic carbocycles. The Hall–Kier alpha value is -1.38. The highest BCUT2D eigenvalue weighted by Gasteiger charge is 2.93. The van der Waals surface area contributed by atoms with Crippen LogP contribution in [-0.2, 0) is 0 Å². The van der Waals surface area contributed by atoms with Crippen molar-refractivity contribution in [2.75, 3.05) is 0 Å². The summed E-state index contributed by atoms with van der Waals surface area (Å²) in [7, 11) is 0. The van der Waals surface area contributed by atoms with Crippen LogP contribution in [0.4, 0.5) is 70.2 Å². The molecule has 16 heteroatoms. The Labute approximate surface area is 247 Å². The van der Waals surface area contributed by atoms with Gasteiger partial charge in [-0.2, -0.15) is 65.9 Å². The van der Waals surface area contributed by atoms with Crippen LogP contribution in [-0.4, -0.2) is 47.4 Å². The molecule has 0 aromatic rings. The highest BCUT2D eigenvalue weighted by molar-refractivity contribution is 5.24. The normalized spacial score (nSPS) is 15.8. The van der Waals surface area contributed by atoms with Gasteiger partial charge in [0.1, 0.15) is 0 Å². The van der Waals surface area contributed by atoms with Crippen molar-refractivity contribution in [2.24, 2.45) is 0 Å². The molecule has 0 aliphatic heterocycles. The number of allylic oxidation sites excluding steroid dienone is 1. The summed E-state index contributed by atoms with van der Waals surface area (Å²) in [5, 5.41) is 0. The summed E-state index contributed by atoms with van der Waals surface area (Å²) in [5.41, 5.74) is -6.90. The van der Waals surface area contributed by atoms with Crippen molar-refractivity contribution in [3.63, 3.8) is 0 Å². The number of hydrogen-bond donors (Lipinski definition) is 0. The minimum absolute atomic E-state index is 0.175. The number of rotatable bonds is 24. The van der Waals surface area contributed by atoms with E-state index in [1.54, 1.807) is 0 Å². The molecule has 0 nitrogen and oxygen atoms in total. The Kier molecular flexibility index (Phi) is 15.9. The summed E-state index contributed by atoms with van der Waals surface area (Å²) in [6, 6.07) is 0. The average molecular weight is 681 g/mol. The van der Waals surface area contributed by atoms with Crippen molar-refractivity contribution in [2.45, 2.75) is 163 Å². The summed E-state index contributed by atoms with van der Waals surface area (Å²) >= 11 is 0. The van der Waals surface area contributed by atoms with E-state index in [0.717, 1.165) is 38.5 Å². The lowest BCUT2D eigenvalue weighted by Gasteiger charge is -2.45. The summed E-state index contributed by atoms with van der Waals surface area (Å²) in [5.74, 6) is -45.5. The van der Waals surface area contributed by atoms with Crippen LogP contribution >= 0.6 is 0 Å². The first kappa shape index (κ1) is 42.6. The molecule has 0 heterocycles. The van der Waals surface area contributed by atoms with E-state index in [4.69, 9.17) is 0 Å². The van der Waals surface area contributed by atoms with Gasteiger partial charge in [0, 0.05) is 6.42 Å². The van der Waals surface area contributed by atoms with Crippen LogP contribution in [0, 0.1) is 0 Å². The quantitative estimate of drug-likeness (QED) is 0.0541. The first-order valence-electron chi connectivity index (χ1n) is 14.5. The van der Waals surface area contributed by atoms with E-state index in [0.29, 0.717) is 12.8 Å². The standard InChI is InChI=1S/C28H40F16/c1-3-5-6-7-8-9-10-11-12-13-14-15-16-17-18-19-20-22(30,31)23(32,33)21(29,4-2)24(34,35)25(36,37)26(38,39)27(40,41)28(42,43)44/h4H,2-3,5-20H2,1H3. The molecule has 264 valence electrons. The number of halogens is 16. The summed E-state index contributed by atoms with van der Waals surface area (Å²) < 4.78 is 218. The van der Waals surface area contributed by atoms with Gasteiger partial charge in [0.05, 0.1) is 0 Å². The van der Waals surface area contributed by atoms with Crippen LogP contribution in [0.5, 0.6) is 0 Å². The van der Waals surface area contributed by atoms with Gasteiger partial charge in [-0.15, -0.1) is 0 Å². The van der Waals surface area contributed by atoms with Crippen LogP contribution in [0.3, 0.4) is 0 Å². The maximum absolute atomic E-state index is 14.8. The van der Waals surface area contributed by atoms with Gasteiger partial charge in [0.25, 0.3) is 5.67 Å². The van der Waals surface area contributed by atoms with Crippen molar-refractivity contribution in [1.82, 2.24) is 0 Å². The fraction of sp³-hybridized carbons (Fsp3) is 0.929. The molecule has 0 aliphatic carbocycles. The second-order valence-electron chi connectivity index (χ2n) is 11.0. The number of hydrogen-bond acceptors (Lipinski definition) is 0. The highest BCUT2D eigenvalue weighted by Crippen LogP contribution is 2.64. The molecule has 0 aromatic heterocycles. The SMILES string of the molecule is C=CC(F)(C(F)(F)C(F)(F)CCCCCCCCCCCCCCCCCC)C(F)(F)C(F)(F)C(F)(F)C(F)(F)C(F)(F)F. The van der Waals surface area contributed by atoms with E-state index in [-0.39, 0.29) is 12.8 Å². The van der Waals surface area contributed by atoms with Crippen molar-refractivity contribution >= 4 is 0 Å². The second kappa shape index (κ2) is 16.4. The summed E-state index contributed by atoms with van der Waals surface area (Å²) in [6.07, 6.45) is 0.653. The van der Waals surface area contributed by atoms with Gasteiger partial charge in [-0.3, -0.25) is 0 Å². The lowest BCUT2D eigenvalue weighted by Crippen LogP contribution is -2.75. The maximum atomic E-state index is 14.8. The van der Waals surface area contributed by atoms with E-state index < -0.39 is 66.3 Å². The van der Waals surface area contributed by atoms with Crippen LogP contribution < -0.4 is 0 Å². The Bertz CT molecular complexity index is 834. The highest BCUT2D eigenvalue weighted by atomic mass is 19.4.